The van der Waals surface area contributed by atoms with Crippen LogP contribution in [0, 0.1) is 22.9 Å². The lowest BCUT2D eigenvalue weighted by atomic mass is 10.6. The van der Waals surface area contributed by atoms with Crippen molar-refractivity contribution in [2.24, 2.45) is 0 Å². The third kappa shape index (κ3) is 5.70. The number of β-amino-alcohol motifs (C(OH)–C–C–N with tert-alkyl or cyclic N) is 1. The second kappa shape index (κ2) is 7.71. The van der Waals surface area contributed by atoms with Gasteiger partial charge < -0.3 is 14.9 Å². The molecule has 76 valence electrons. The summed E-state index contributed by atoms with van der Waals surface area (Å²) < 4.78 is 0. The van der Waals surface area contributed by atoms with Crippen molar-refractivity contribution in [3.05, 3.63) is 12.4 Å². The Morgan fingerprint density at radius 3 is 2.36 bits per heavy atom. The van der Waals surface area contributed by atoms with Crippen molar-refractivity contribution < 1.29 is 5.11 Å². The maximum absolute atomic E-state index is 8.52. The van der Waals surface area contributed by atoms with E-state index in [9.17, 15) is 0 Å². The summed E-state index contributed by atoms with van der Waals surface area (Å²) in [6, 6.07) is 0. The average Bonchev–Trinajstić information content (AvgIpc) is 2.55. The molecule has 0 unspecified atom stereocenters. The van der Waals surface area contributed by atoms with Gasteiger partial charge in [0.1, 0.15) is 0 Å². The van der Waals surface area contributed by atoms with Gasteiger partial charge in [0.05, 0.1) is 13.3 Å². The number of nitrogens with one attached hydrogen (secondary N) is 1. The first-order valence-electron chi connectivity index (χ1n) is 4.01. The standard InChI is InChI=1S/C6H12N2O.C2HN3/c1-7-2-3-8(6-7)4-5-9;3-1-5-2-4/h2-3,9H,4-6H2,1H3;5H. The van der Waals surface area contributed by atoms with Gasteiger partial charge in [-0.3, -0.25) is 0 Å². The predicted octanol–water partition coefficient (Wildman–Crippen LogP) is -0.807. The summed E-state index contributed by atoms with van der Waals surface area (Å²) in [4.78, 5) is 4.12. The number of nitrogens with zero attached hydrogens (tertiary/aromatic N) is 4. The Morgan fingerprint density at radius 2 is 2.07 bits per heavy atom. The summed E-state index contributed by atoms with van der Waals surface area (Å²) in [7, 11) is 2.01. The van der Waals surface area contributed by atoms with Crippen LogP contribution in [-0.4, -0.2) is 41.8 Å². The second-order valence-electron chi connectivity index (χ2n) is 2.58. The Kier molecular flexibility index (Phi) is 6.66. The van der Waals surface area contributed by atoms with Crippen LogP contribution in [0.2, 0.25) is 0 Å². The molecule has 0 aliphatic carbocycles. The molecule has 0 amide bonds. The van der Waals surface area contributed by atoms with Gasteiger partial charge in [-0.1, -0.05) is 0 Å². The third-order valence-corrected chi connectivity index (χ3v) is 1.44. The van der Waals surface area contributed by atoms with Crippen LogP contribution >= 0.6 is 0 Å². The van der Waals surface area contributed by atoms with Crippen LogP contribution in [0.3, 0.4) is 0 Å². The molecule has 0 bridgehead atoms. The lowest BCUT2D eigenvalue weighted by Crippen LogP contribution is -2.24. The molecule has 0 radical (unpaired) electrons. The van der Waals surface area contributed by atoms with E-state index >= 15 is 0 Å². The van der Waals surface area contributed by atoms with Crippen molar-refractivity contribution in [3.8, 4) is 12.4 Å². The van der Waals surface area contributed by atoms with Gasteiger partial charge in [0.2, 0.25) is 0 Å². The summed E-state index contributed by atoms with van der Waals surface area (Å²) in [5.74, 6) is 0. The molecule has 6 nitrogen and oxygen atoms in total. The average molecular weight is 195 g/mol. The van der Waals surface area contributed by atoms with E-state index in [1.54, 1.807) is 5.32 Å². The molecule has 2 N–H and O–H groups in total. The third-order valence-electron chi connectivity index (χ3n) is 1.44. The van der Waals surface area contributed by atoms with Crippen molar-refractivity contribution in [2.45, 2.75) is 0 Å². The second-order valence-corrected chi connectivity index (χ2v) is 2.58. The van der Waals surface area contributed by atoms with Gasteiger partial charge in [-0.15, -0.1) is 0 Å². The van der Waals surface area contributed by atoms with E-state index < -0.39 is 0 Å². The van der Waals surface area contributed by atoms with Crippen LogP contribution in [0.1, 0.15) is 0 Å². The molecule has 0 saturated carbocycles. The number of rotatable bonds is 2. The molecule has 6 heteroatoms. The highest BCUT2D eigenvalue weighted by Gasteiger charge is 2.05. The van der Waals surface area contributed by atoms with Gasteiger partial charge in [0.25, 0.3) is 0 Å². The maximum atomic E-state index is 8.52. The van der Waals surface area contributed by atoms with Crippen molar-refractivity contribution in [3.63, 3.8) is 0 Å². The predicted molar refractivity (Wildman–Crippen MR) is 49.9 cm³/mol. The Bertz CT molecular complexity index is 239. The van der Waals surface area contributed by atoms with E-state index in [4.69, 9.17) is 15.6 Å². The topological polar surface area (TPSA) is 86.3 Å². The summed E-state index contributed by atoms with van der Waals surface area (Å²) in [6.45, 7) is 1.87. The van der Waals surface area contributed by atoms with Gasteiger partial charge in [-0.25, -0.2) is 5.32 Å². The van der Waals surface area contributed by atoms with E-state index in [0.717, 1.165) is 13.2 Å². The minimum absolute atomic E-state index is 0.234. The van der Waals surface area contributed by atoms with Gasteiger partial charge >= 0.3 is 0 Å². The fraction of sp³-hybridized carbons (Fsp3) is 0.500. The molecular formula is C8H13N5O. The fourth-order valence-electron chi connectivity index (χ4n) is 0.888. The molecule has 0 atom stereocenters. The first kappa shape index (κ1) is 12.1. The monoisotopic (exact) mass is 195 g/mol. The Labute approximate surface area is 83.3 Å². The van der Waals surface area contributed by atoms with Gasteiger partial charge in [0, 0.05) is 26.0 Å². The minimum atomic E-state index is 0.234. The highest BCUT2D eigenvalue weighted by Crippen LogP contribution is 2.01. The highest BCUT2D eigenvalue weighted by molar-refractivity contribution is 4.88. The van der Waals surface area contributed by atoms with E-state index in [0.29, 0.717) is 0 Å². The summed E-state index contributed by atoms with van der Waals surface area (Å²) in [6.07, 6.45) is 6.79. The molecule has 0 aromatic carbocycles. The van der Waals surface area contributed by atoms with Gasteiger partial charge in [0.15, 0.2) is 12.4 Å². The van der Waals surface area contributed by atoms with E-state index in [1.165, 1.54) is 12.4 Å². The molecule has 0 fully saturated rings. The maximum Gasteiger partial charge on any atom is 0.190 e. The van der Waals surface area contributed by atoms with Crippen molar-refractivity contribution in [1.29, 1.82) is 10.5 Å². The van der Waals surface area contributed by atoms with Crippen LogP contribution < -0.4 is 5.32 Å². The molecule has 0 saturated heterocycles. The van der Waals surface area contributed by atoms with Crippen LogP contribution in [0.5, 0.6) is 0 Å². The van der Waals surface area contributed by atoms with E-state index in [1.807, 2.05) is 19.4 Å². The molecule has 1 aliphatic heterocycles. The fourth-order valence-corrected chi connectivity index (χ4v) is 0.888. The first-order chi connectivity index (χ1) is 6.74. The summed E-state index contributed by atoms with van der Waals surface area (Å²) in [5.41, 5.74) is 0. The number of aliphatic hydroxyl groups excluding tert-OH is 1. The Hall–Kier alpha value is -1.92. The summed E-state index contributed by atoms with van der Waals surface area (Å²) in [5, 5.41) is 25.2. The molecule has 1 aliphatic rings. The summed E-state index contributed by atoms with van der Waals surface area (Å²) >= 11 is 0. The number of aliphatic hydroxyl groups is 1. The highest BCUT2D eigenvalue weighted by atomic mass is 16.3. The Morgan fingerprint density at radius 1 is 1.43 bits per heavy atom. The molecular weight excluding hydrogens is 182 g/mol. The zero-order valence-electron chi connectivity index (χ0n) is 8.01. The van der Waals surface area contributed by atoms with Crippen molar-refractivity contribution in [1.82, 2.24) is 15.1 Å². The zero-order chi connectivity index (χ0) is 10.8. The lowest BCUT2D eigenvalue weighted by molar-refractivity contribution is 0.217. The number of hydrogen-bond acceptors (Lipinski definition) is 6. The van der Waals surface area contributed by atoms with E-state index in [-0.39, 0.29) is 6.61 Å². The van der Waals surface area contributed by atoms with Crippen LogP contribution in [0.15, 0.2) is 12.4 Å². The van der Waals surface area contributed by atoms with Crippen molar-refractivity contribution in [2.75, 3.05) is 26.9 Å². The lowest BCUT2D eigenvalue weighted by Gasteiger charge is -2.15. The molecule has 1 heterocycles. The smallest absolute Gasteiger partial charge is 0.190 e. The molecule has 14 heavy (non-hydrogen) atoms. The number of hydrogen-bond donors (Lipinski definition) is 2. The Balaban J connectivity index is 0.000000292. The van der Waals surface area contributed by atoms with E-state index in [2.05, 4.69) is 9.80 Å². The SMILES string of the molecule is CN1C=CN(CCO)C1.N#CNC#N. The molecule has 0 spiro atoms. The van der Waals surface area contributed by atoms with Crippen LogP contribution in [0.25, 0.3) is 0 Å². The van der Waals surface area contributed by atoms with Gasteiger partial charge in [-0.05, 0) is 0 Å². The zero-order valence-corrected chi connectivity index (χ0v) is 8.01. The van der Waals surface area contributed by atoms with Crippen molar-refractivity contribution >= 4 is 0 Å². The van der Waals surface area contributed by atoms with Crippen LogP contribution in [-0.2, 0) is 0 Å². The van der Waals surface area contributed by atoms with Crippen LogP contribution in [0.4, 0.5) is 0 Å². The largest absolute Gasteiger partial charge is 0.395 e. The van der Waals surface area contributed by atoms with Gasteiger partial charge in [-0.2, -0.15) is 10.5 Å². The normalized spacial score (nSPS) is 12.6. The first-order valence-corrected chi connectivity index (χ1v) is 4.01. The molecule has 0 aromatic heterocycles. The quantitative estimate of drug-likeness (QED) is 0.443. The molecule has 1 rings (SSSR count). The molecule has 0 aromatic rings. The number of nitriles is 2. The minimum Gasteiger partial charge on any atom is -0.395 e.